The zero-order chi connectivity index (χ0) is 29.2. The van der Waals surface area contributed by atoms with Gasteiger partial charge in [0.2, 0.25) is 11.8 Å². The SMILES string of the molecule is C=CCOC(=O)NCCC[C@H]1C(=O)N(CCC(C)C)C[C@H]2N1C(=O)CN(C)N2C(=O)NCc1ccc(OC)cc1. The Kier molecular flexibility index (Phi) is 11.2. The molecule has 0 bridgehead atoms. The molecule has 40 heavy (non-hydrogen) atoms. The van der Waals surface area contributed by atoms with Gasteiger partial charge in [0, 0.05) is 26.7 Å². The smallest absolute Gasteiger partial charge is 0.407 e. The largest absolute Gasteiger partial charge is 0.497 e. The van der Waals surface area contributed by atoms with Crippen LogP contribution >= 0.6 is 0 Å². The highest BCUT2D eigenvalue weighted by Crippen LogP contribution is 2.28. The van der Waals surface area contributed by atoms with Crippen LogP contribution in [0.5, 0.6) is 5.75 Å². The molecule has 0 spiro atoms. The van der Waals surface area contributed by atoms with E-state index in [9.17, 15) is 19.2 Å². The maximum atomic E-state index is 13.6. The van der Waals surface area contributed by atoms with E-state index < -0.39 is 18.3 Å². The Bertz CT molecular complexity index is 1050. The molecule has 2 aliphatic heterocycles. The van der Waals surface area contributed by atoms with Crippen molar-refractivity contribution in [1.29, 1.82) is 0 Å². The second kappa shape index (κ2) is 14.5. The van der Waals surface area contributed by atoms with Gasteiger partial charge in [0.25, 0.3) is 0 Å². The van der Waals surface area contributed by atoms with Crippen LogP contribution < -0.4 is 15.4 Å². The average Bonchev–Trinajstić information content (AvgIpc) is 2.93. The summed E-state index contributed by atoms with van der Waals surface area (Å²) in [5, 5.41) is 8.75. The molecular weight excluding hydrogens is 516 g/mol. The van der Waals surface area contributed by atoms with Gasteiger partial charge in [-0.2, -0.15) is 0 Å². The number of carbonyl (C=O) groups excluding carboxylic acids is 4. The predicted molar refractivity (Wildman–Crippen MR) is 149 cm³/mol. The van der Waals surface area contributed by atoms with Crippen LogP contribution in [-0.2, 0) is 20.9 Å². The van der Waals surface area contributed by atoms with Crippen molar-refractivity contribution in [3.8, 4) is 5.75 Å². The molecule has 12 nitrogen and oxygen atoms in total. The van der Waals surface area contributed by atoms with E-state index in [1.807, 2.05) is 24.3 Å². The lowest BCUT2D eigenvalue weighted by Gasteiger charge is -2.54. The average molecular weight is 559 g/mol. The number of nitrogens with zero attached hydrogens (tertiary/aromatic N) is 4. The van der Waals surface area contributed by atoms with Crippen molar-refractivity contribution < 1.29 is 28.7 Å². The number of hydrazine groups is 1. The number of piperazine rings is 1. The van der Waals surface area contributed by atoms with Crippen molar-refractivity contribution in [2.24, 2.45) is 5.92 Å². The molecule has 2 atom stereocenters. The van der Waals surface area contributed by atoms with E-state index in [1.165, 1.54) is 11.1 Å². The summed E-state index contributed by atoms with van der Waals surface area (Å²) in [7, 11) is 3.29. The Morgan fingerprint density at radius 1 is 1.18 bits per heavy atom. The van der Waals surface area contributed by atoms with Crippen LogP contribution in [0.25, 0.3) is 0 Å². The van der Waals surface area contributed by atoms with E-state index in [-0.39, 0.29) is 44.1 Å². The number of benzene rings is 1. The molecule has 5 amide bonds. The molecule has 0 unspecified atom stereocenters. The standard InChI is InChI=1S/C28H42N6O6/c1-6-16-40-28(38)29-14-7-8-23-26(36)32(15-13-20(2)3)18-24-33(23)25(35)19-31(4)34(24)27(37)30-17-21-9-11-22(39-5)12-10-21/h6,9-12,20,23-24H,1,7-8,13-19H2,2-5H3,(H,29,38)(H,30,37)/t23-,24-/m0/s1. The number of ether oxygens (including phenoxy) is 2. The summed E-state index contributed by atoms with van der Waals surface area (Å²) < 4.78 is 10.1. The van der Waals surface area contributed by atoms with Gasteiger partial charge in [-0.25, -0.2) is 19.6 Å². The molecule has 0 radical (unpaired) electrons. The molecule has 2 saturated heterocycles. The van der Waals surface area contributed by atoms with Crippen LogP contribution in [0.15, 0.2) is 36.9 Å². The Morgan fingerprint density at radius 3 is 2.55 bits per heavy atom. The van der Waals surface area contributed by atoms with Gasteiger partial charge in [-0.15, -0.1) is 0 Å². The maximum Gasteiger partial charge on any atom is 0.407 e. The number of urea groups is 1. The number of fused-ring (bicyclic) bond motifs is 1. The third kappa shape index (κ3) is 7.87. The molecule has 12 heteroatoms. The quantitative estimate of drug-likeness (QED) is 0.298. The molecular formula is C28H42N6O6. The highest BCUT2D eigenvalue weighted by Gasteiger charge is 2.50. The van der Waals surface area contributed by atoms with E-state index in [1.54, 1.807) is 29.0 Å². The Hall–Kier alpha value is -3.80. The monoisotopic (exact) mass is 558 g/mol. The summed E-state index contributed by atoms with van der Waals surface area (Å²) in [5.74, 6) is 0.757. The van der Waals surface area contributed by atoms with Crippen LogP contribution in [0.4, 0.5) is 9.59 Å². The van der Waals surface area contributed by atoms with Crippen LogP contribution in [0.3, 0.4) is 0 Å². The van der Waals surface area contributed by atoms with Crippen molar-refractivity contribution in [1.82, 2.24) is 30.5 Å². The third-order valence-electron chi connectivity index (χ3n) is 6.98. The van der Waals surface area contributed by atoms with E-state index in [4.69, 9.17) is 9.47 Å². The van der Waals surface area contributed by atoms with Crippen molar-refractivity contribution in [2.75, 3.05) is 46.9 Å². The van der Waals surface area contributed by atoms with Gasteiger partial charge >= 0.3 is 12.1 Å². The summed E-state index contributed by atoms with van der Waals surface area (Å²) in [5.41, 5.74) is 0.899. The molecule has 0 saturated carbocycles. The second-order valence-corrected chi connectivity index (χ2v) is 10.4. The minimum Gasteiger partial charge on any atom is -0.497 e. The van der Waals surface area contributed by atoms with Gasteiger partial charge in [0.1, 0.15) is 24.6 Å². The maximum absolute atomic E-state index is 13.6. The molecule has 0 aromatic heterocycles. The normalized spacial score (nSPS) is 19.4. The van der Waals surface area contributed by atoms with Crippen LogP contribution in [0.1, 0.15) is 38.7 Å². The topological polar surface area (TPSA) is 124 Å². The van der Waals surface area contributed by atoms with Gasteiger partial charge in [-0.3, -0.25) is 9.59 Å². The van der Waals surface area contributed by atoms with E-state index in [0.717, 1.165) is 17.7 Å². The number of nitrogens with one attached hydrogen (secondary N) is 2. The van der Waals surface area contributed by atoms with Crippen LogP contribution in [-0.4, -0.2) is 103 Å². The zero-order valence-electron chi connectivity index (χ0n) is 23.9. The number of hydrogen-bond acceptors (Lipinski definition) is 7. The van der Waals surface area contributed by atoms with Crippen LogP contribution in [0.2, 0.25) is 0 Å². The summed E-state index contributed by atoms with van der Waals surface area (Å²) >= 11 is 0. The first-order chi connectivity index (χ1) is 19.2. The lowest BCUT2D eigenvalue weighted by atomic mass is 10.0. The van der Waals surface area contributed by atoms with E-state index in [2.05, 4.69) is 31.1 Å². The lowest BCUT2D eigenvalue weighted by molar-refractivity contribution is -0.187. The van der Waals surface area contributed by atoms with Gasteiger partial charge in [0.05, 0.1) is 20.2 Å². The fourth-order valence-electron chi connectivity index (χ4n) is 4.87. The number of amides is 5. The summed E-state index contributed by atoms with van der Waals surface area (Å²) in [6.07, 6.45) is 1.85. The molecule has 220 valence electrons. The first-order valence-electron chi connectivity index (χ1n) is 13.7. The highest BCUT2D eigenvalue weighted by atomic mass is 16.5. The number of likely N-dealkylation sites (N-methyl/N-ethyl adjacent to an activating group) is 1. The van der Waals surface area contributed by atoms with Gasteiger partial charge in [-0.05, 0) is 42.9 Å². The van der Waals surface area contributed by atoms with Crippen molar-refractivity contribution >= 4 is 23.9 Å². The van der Waals surface area contributed by atoms with Crippen molar-refractivity contribution in [3.63, 3.8) is 0 Å². The fraction of sp³-hybridized carbons (Fsp3) is 0.571. The molecule has 2 aliphatic rings. The summed E-state index contributed by atoms with van der Waals surface area (Å²) in [6, 6.07) is 6.30. The van der Waals surface area contributed by atoms with Crippen molar-refractivity contribution in [3.05, 3.63) is 42.5 Å². The fourth-order valence-corrected chi connectivity index (χ4v) is 4.87. The Balaban J connectivity index is 1.75. The number of methoxy groups -OCH3 is 1. The number of alkyl carbamates (subject to hydrolysis) is 1. The Morgan fingerprint density at radius 2 is 1.90 bits per heavy atom. The molecule has 2 fully saturated rings. The zero-order valence-corrected chi connectivity index (χ0v) is 23.9. The number of carbonyl (C=O) groups is 4. The van der Waals surface area contributed by atoms with Gasteiger partial charge in [0.15, 0.2) is 0 Å². The number of rotatable bonds is 12. The Labute approximate surface area is 236 Å². The molecule has 1 aromatic rings. The minimum absolute atomic E-state index is 0.0334. The summed E-state index contributed by atoms with van der Waals surface area (Å²) in [6.45, 7) is 9.08. The van der Waals surface area contributed by atoms with Crippen molar-refractivity contribution in [2.45, 2.75) is 51.9 Å². The molecule has 0 aliphatic carbocycles. The van der Waals surface area contributed by atoms with E-state index >= 15 is 0 Å². The third-order valence-corrected chi connectivity index (χ3v) is 6.98. The molecule has 1 aromatic carbocycles. The molecule has 2 N–H and O–H groups in total. The second-order valence-electron chi connectivity index (χ2n) is 10.4. The molecule has 3 rings (SSSR count). The van der Waals surface area contributed by atoms with Crippen LogP contribution in [0, 0.1) is 5.92 Å². The number of hydrogen-bond donors (Lipinski definition) is 2. The van der Waals surface area contributed by atoms with Gasteiger partial charge in [-0.1, -0.05) is 38.6 Å². The van der Waals surface area contributed by atoms with Gasteiger partial charge < -0.3 is 29.9 Å². The highest BCUT2D eigenvalue weighted by molar-refractivity contribution is 5.91. The first-order valence-corrected chi connectivity index (χ1v) is 13.7. The summed E-state index contributed by atoms with van der Waals surface area (Å²) in [4.78, 5) is 55.4. The molecule has 2 heterocycles. The predicted octanol–water partition coefficient (Wildman–Crippen LogP) is 2.17. The first kappa shape index (κ1) is 30.7. The minimum atomic E-state index is -0.741. The van der Waals surface area contributed by atoms with E-state index in [0.29, 0.717) is 31.8 Å². The lowest BCUT2D eigenvalue weighted by Crippen LogP contribution is -2.76.